The monoisotopic (exact) mass is 277 g/mol. The molecule has 2 aromatic rings. The Balaban J connectivity index is 1.92. The van der Waals surface area contributed by atoms with Crippen LogP contribution in [0.3, 0.4) is 0 Å². The van der Waals surface area contributed by atoms with Crippen LogP contribution in [0.4, 0.5) is 8.78 Å². The second-order valence-corrected chi connectivity index (χ2v) is 4.32. The summed E-state index contributed by atoms with van der Waals surface area (Å²) in [6, 6.07) is 3.77. The quantitative estimate of drug-likeness (QED) is 0.836. The van der Waals surface area contributed by atoms with Gasteiger partial charge in [0, 0.05) is 32.1 Å². The summed E-state index contributed by atoms with van der Waals surface area (Å²) in [5.41, 5.74) is -0.0928. The van der Waals surface area contributed by atoms with Crippen molar-refractivity contribution >= 4 is 0 Å². The molecule has 1 aromatic heterocycles. The number of hydrogen-bond donors (Lipinski definition) is 1. The first-order chi connectivity index (χ1) is 9.61. The molecule has 0 spiro atoms. The summed E-state index contributed by atoms with van der Waals surface area (Å²) in [6.45, 7) is 0.576. The Kier molecular flexibility index (Phi) is 4.38. The number of aromatic nitrogens is 3. The number of nitriles is 1. The Morgan fingerprint density at radius 1 is 1.35 bits per heavy atom. The molecule has 1 aromatic carbocycles. The van der Waals surface area contributed by atoms with Crippen LogP contribution in [0, 0.1) is 23.0 Å². The molecule has 0 saturated heterocycles. The molecule has 0 bridgehead atoms. The molecule has 0 aliphatic rings. The van der Waals surface area contributed by atoms with Crippen molar-refractivity contribution in [2.75, 3.05) is 6.54 Å². The van der Waals surface area contributed by atoms with Crippen LogP contribution in [-0.2, 0) is 20.0 Å². The van der Waals surface area contributed by atoms with Crippen molar-refractivity contribution in [3.8, 4) is 6.07 Å². The molecule has 2 rings (SSSR count). The highest BCUT2D eigenvalue weighted by molar-refractivity contribution is 5.34. The van der Waals surface area contributed by atoms with E-state index in [1.165, 1.54) is 0 Å². The molecule has 0 aliphatic carbocycles. The topological polar surface area (TPSA) is 66.5 Å². The first-order valence-electron chi connectivity index (χ1n) is 6.03. The van der Waals surface area contributed by atoms with E-state index in [1.54, 1.807) is 17.0 Å². The molecule has 7 heteroatoms. The summed E-state index contributed by atoms with van der Waals surface area (Å²) in [6.07, 6.45) is 2.20. The Morgan fingerprint density at radius 3 is 2.60 bits per heavy atom. The number of nitrogens with one attached hydrogen (secondary N) is 1. The van der Waals surface area contributed by atoms with Gasteiger partial charge in [-0.05, 0) is 12.1 Å². The van der Waals surface area contributed by atoms with Crippen LogP contribution in [0.5, 0.6) is 0 Å². The lowest BCUT2D eigenvalue weighted by atomic mass is 10.1. The van der Waals surface area contributed by atoms with Crippen LogP contribution in [0.15, 0.2) is 18.5 Å². The first kappa shape index (κ1) is 14.1. The second kappa shape index (κ2) is 6.21. The van der Waals surface area contributed by atoms with Crippen LogP contribution < -0.4 is 5.32 Å². The number of hydrogen-bond acceptors (Lipinski definition) is 4. The molecular weight excluding hydrogens is 264 g/mol. The molecule has 0 aliphatic heterocycles. The van der Waals surface area contributed by atoms with Gasteiger partial charge in [0.2, 0.25) is 0 Å². The molecule has 20 heavy (non-hydrogen) atoms. The van der Waals surface area contributed by atoms with Crippen LogP contribution >= 0.6 is 0 Å². The van der Waals surface area contributed by atoms with Gasteiger partial charge in [-0.3, -0.25) is 0 Å². The molecule has 0 atom stereocenters. The maximum absolute atomic E-state index is 13.6. The molecular formula is C13H13F2N5. The normalized spacial score (nSPS) is 10.5. The van der Waals surface area contributed by atoms with Crippen molar-refractivity contribution in [3.63, 3.8) is 0 Å². The van der Waals surface area contributed by atoms with Gasteiger partial charge in [-0.2, -0.15) is 5.26 Å². The summed E-state index contributed by atoms with van der Waals surface area (Å²) in [7, 11) is 1.83. The van der Waals surface area contributed by atoms with Gasteiger partial charge in [0.25, 0.3) is 0 Å². The van der Waals surface area contributed by atoms with E-state index in [1.807, 2.05) is 7.05 Å². The largest absolute Gasteiger partial charge is 0.321 e. The molecule has 0 unspecified atom stereocenters. The van der Waals surface area contributed by atoms with Crippen LogP contribution in [0.25, 0.3) is 0 Å². The highest BCUT2D eigenvalue weighted by Crippen LogP contribution is 2.14. The molecule has 0 saturated carbocycles. The zero-order valence-electron chi connectivity index (χ0n) is 10.9. The predicted octanol–water partition coefficient (Wildman–Crippen LogP) is 1.30. The number of rotatable bonds is 5. The van der Waals surface area contributed by atoms with Crippen molar-refractivity contribution in [3.05, 3.63) is 47.0 Å². The van der Waals surface area contributed by atoms with Crippen molar-refractivity contribution in [2.24, 2.45) is 7.05 Å². The average Bonchev–Trinajstić information content (AvgIpc) is 2.82. The van der Waals surface area contributed by atoms with Crippen molar-refractivity contribution in [1.29, 1.82) is 5.26 Å². The summed E-state index contributed by atoms with van der Waals surface area (Å²) >= 11 is 0. The zero-order chi connectivity index (χ0) is 14.5. The summed E-state index contributed by atoms with van der Waals surface area (Å²) in [4.78, 5) is 0. The van der Waals surface area contributed by atoms with E-state index in [-0.39, 0.29) is 17.7 Å². The van der Waals surface area contributed by atoms with Crippen molar-refractivity contribution < 1.29 is 8.78 Å². The minimum Gasteiger partial charge on any atom is -0.321 e. The Bertz CT molecular complexity index is 621. The summed E-state index contributed by atoms with van der Waals surface area (Å²) in [5, 5.41) is 19.2. The van der Waals surface area contributed by atoms with E-state index < -0.39 is 11.6 Å². The average molecular weight is 277 g/mol. The third-order valence-corrected chi connectivity index (χ3v) is 2.90. The lowest BCUT2D eigenvalue weighted by Gasteiger charge is -2.07. The van der Waals surface area contributed by atoms with E-state index in [9.17, 15) is 8.78 Å². The third-order valence-electron chi connectivity index (χ3n) is 2.90. The molecule has 5 nitrogen and oxygen atoms in total. The van der Waals surface area contributed by atoms with Gasteiger partial charge in [-0.15, -0.1) is 10.2 Å². The predicted molar refractivity (Wildman–Crippen MR) is 67.5 cm³/mol. The van der Waals surface area contributed by atoms with Gasteiger partial charge in [0.05, 0.1) is 11.6 Å². The SMILES string of the molecule is Cn1cnnc1CCNCc1c(F)cc(C#N)cc1F. The Hall–Kier alpha value is -2.33. The number of nitrogens with zero attached hydrogens (tertiary/aromatic N) is 4. The number of aryl methyl sites for hydroxylation is 1. The lowest BCUT2D eigenvalue weighted by molar-refractivity contribution is 0.533. The highest BCUT2D eigenvalue weighted by Gasteiger charge is 2.11. The van der Waals surface area contributed by atoms with E-state index in [2.05, 4.69) is 15.5 Å². The van der Waals surface area contributed by atoms with Gasteiger partial charge in [0.1, 0.15) is 23.8 Å². The molecule has 1 heterocycles. The molecule has 0 radical (unpaired) electrons. The highest BCUT2D eigenvalue weighted by atomic mass is 19.1. The maximum atomic E-state index is 13.6. The van der Waals surface area contributed by atoms with Crippen LogP contribution in [0.1, 0.15) is 17.0 Å². The van der Waals surface area contributed by atoms with E-state index in [4.69, 9.17) is 5.26 Å². The minimum absolute atomic E-state index is 0.0252. The fraction of sp³-hybridized carbons (Fsp3) is 0.308. The van der Waals surface area contributed by atoms with Crippen LogP contribution in [0.2, 0.25) is 0 Å². The fourth-order valence-electron chi connectivity index (χ4n) is 1.78. The van der Waals surface area contributed by atoms with Crippen molar-refractivity contribution in [2.45, 2.75) is 13.0 Å². The van der Waals surface area contributed by atoms with Gasteiger partial charge < -0.3 is 9.88 Å². The van der Waals surface area contributed by atoms with E-state index in [0.717, 1.165) is 18.0 Å². The van der Waals surface area contributed by atoms with Gasteiger partial charge in [0.15, 0.2) is 0 Å². The standard InChI is InChI=1S/C13H13F2N5/c1-20-8-18-19-13(20)2-3-17-7-10-11(14)4-9(6-16)5-12(10)15/h4-5,8,17H,2-3,7H2,1H3. The molecule has 0 fully saturated rings. The summed E-state index contributed by atoms with van der Waals surface area (Å²) in [5.74, 6) is -0.640. The minimum atomic E-state index is -0.715. The summed E-state index contributed by atoms with van der Waals surface area (Å²) < 4.78 is 29.0. The molecule has 1 N–H and O–H groups in total. The van der Waals surface area contributed by atoms with Crippen molar-refractivity contribution in [1.82, 2.24) is 20.1 Å². The second-order valence-electron chi connectivity index (χ2n) is 4.32. The van der Waals surface area contributed by atoms with Gasteiger partial charge >= 0.3 is 0 Å². The molecule has 0 amide bonds. The smallest absolute Gasteiger partial charge is 0.133 e. The fourth-order valence-corrected chi connectivity index (χ4v) is 1.78. The Morgan fingerprint density at radius 2 is 2.05 bits per heavy atom. The van der Waals surface area contributed by atoms with E-state index >= 15 is 0 Å². The molecule has 104 valence electrons. The van der Waals surface area contributed by atoms with Crippen LogP contribution in [-0.4, -0.2) is 21.3 Å². The third kappa shape index (κ3) is 3.16. The first-order valence-corrected chi connectivity index (χ1v) is 6.03. The van der Waals surface area contributed by atoms with E-state index in [0.29, 0.717) is 13.0 Å². The number of halogens is 2. The maximum Gasteiger partial charge on any atom is 0.133 e. The zero-order valence-corrected chi connectivity index (χ0v) is 10.9. The Labute approximate surface area is 114 Å². The van der Waals surface area contributed by atoms with Gasteiger partial charge in [-0.1, -0.05) is 0 Å². The van der Waals surface area contributed by atoms with Gasteiger partial charge in [-0.25, -0.2) is 8.78 Å². The number of benzene rings is 1. The lowest BCUT2D eigenvalue weighted by Crippen LogP contribution is -2.19.